The lowest BCUT2D eigenvalue weighted by Gasteiger charge is -2.03. The number of aromatic amines is 1. The monoisotopic (exact) mass is 279 g/mol. The molecule has 1 aromatic heterocycles. The number of nitrogens with one attached hydrogen (secondary N) is 1. The van der Waals surface area contributed by atoms with Crippen molar-refractivity contribution in [3.63, 3.8) is 0 Å². The fraction of sp³-hybridized carbons (Fsp3) is 0. The first-order chi connectivity index (χ1) is 9.68. The molecule has 1 N–H and O–H groups in total. The normalized spacial score (nSPS) is 15.8. The molecule has 0 bridgehead atoms. The first-order valence-corrected chi connectivity index (χ1v) is 7.87. The SMILES string of the molecule is O=S1(=O)c2cccc3ccc4c5cc[nH]c5cc1c4c23. The van der Waals surface area contributed by atoms with Crippen molar-refractivity contribution in [1.82, 2.24) is 4.98 Å². The highest BCUT2D eigenvalue weighted by Gasteiger charge is 2.31. The van der Waals surface area contributed by atoms with Gasteiger partial charge in [-0.15, -0.1) is 0 Å². The molecule has 0 atom stereocenters. The van der Waals surface area contributed by atoms with E-state index in [0.717, 1.165) is 32.4 Å². The van der Waals surface area contributed by atoms with E-state index in [1.165, 1.54) is 0 Å². The zero-order valence-corrected chi connectivity index (χ0v) is 11.2. The summed E-state index contributed by atoms with van der Waals surface area (Å²) in [5.41, 5.74) is 0.864. The predicted molar refractivity (Wildman–Crippen MR) is 78.8 cm³/mol. The van der Waals surface area contributed by atoms with Gasteiger partial charge in [-0.3, -0.25) is 0 Å². The summed E-state index contributed by atoms with van der Waals surface area (Å²) >= 11 is 0. The van der Waals surface area contributed by atoms with Crippen molar-refractivity contribution < 1.29 is 8.42 Å². The third kappa shape index (κ3) is 0.980. The first kappa shape index (κ1) is 10.5. The number of sulfone groups is 1. The summed E-state index contributed by atoms with van der Waals surface area (Å²) in [6, 6.07) is 13.2. The van der Waals surface area contributed by atoms with Crippen LogP contribution in [0.4, 0.5) is 0 Å². The zero-order chi connectivity index (χ0) is 13.5. The average molecular weight is 279 g/mol. The minimum absolute atomic E-state index is 0.425. The highest BCUT2D eigenvalue weighted by molar-refractivity contribution is 7.92. The van der Waals surface area contributed by atoms with Gasteiger partial charge in [0.2, 0.25) is 9.84 Å². The van der Waals surface area contributed by atoms with Crippen molar-refractivity contribution in [3.8, 4) is 0 Å². The summed E-state index contributed by atoms with van der Waals surface area (Å²) in [6.45, 7) is 0. The Bertz CT molecular complexity index is 1150. The second kappa shape index (κ2) is 3.04. The van der Waals surface area contributed by atoms with Gasteiger partial charge < -0.3 is 4.98 Å². The molecule has 96 valence electrons. The molecule has 0 fully saturated rings. The number of H-pyrrole nitrogens is 1. The van der Waals surface area contributed by atoms with Crippen molar-refractivity contribution in [3.05, 3.63) is 48.7 Å². The Balaban J connectivity index is 2.28. The molecule has 2 heterocycles. The van der Waals surface area contributed by atoms with Crippen molar-refractivity contribution >= 4 is 42.3 Å². The van der Waals surface area contributed by atoms with Gasteiger partial charge in [-0.1, -0.05) is 24.3 Å². The Morgan fingerprint density at radius 2 is 1.75 bits per heavy atom. The third-order valence-electron chi connectivity index (χ3n) is 4.18. The van der Waals surface area contributed by atoms with E-state index in [1.54, 1.807) is 18.2 Å². The third-order valence-corrected chi connectivity index (χ3v) is 6.00. The summed E-state index contributed by atoms with van der Waals surface area (Å²) in [7, 11) is -3.40. The molecule has 5 rings (SSSR count). The van der Waals surface area contributed by atoms with E-state index in [4.69, 9.17) is 0 Å². The maximum atomic E-state index is 12.7. The molecule has 3 aromatic carbocycles. The molecule has 0 saturated carbocycles. The Morgan fingerprint density at radius 3 is 2.65 bits per heavy atom. The lowest BCUT2D eigenvalue weighted by Crippen LogP contribution is -1.96. The van der Waals surface area contributed by atoms with Gasteiger partial charge in [0.25, 0.3) is 0 Å². The fourth-order valence-electron chi connectivity index (χ4n) is 3.32. The van der Waals surface area contributed by atoms with Crippen LogP contribution in [0.1, 0.15) is 0 Å². The second-order valence-corrected chi connectivity index (χ2v) is 7.05. The highest BCUT2D eigenvalue weighted by atomic mass is 32.2. The Morgan fingerprint density at radius 1 is 0.850 bits per heavy atom. The predicted octanol–water partition coefficient (Wildman–Crippen LogP) is 3.62. The van der Waals surface area contributed by atoms with Gasteiger partial charge >= 0.3 is 0 Å². The molecule has 0 amide bonds. The van der Waals surface area contributed by atoms with Gasteiger partial charge in [0.1, 0.15) is 0 Å². The molecule has 4 aromatic rings. The Labute approximate surface area is 114 Å². The van der Waals surface area contributed by atoms with Crippen LogP contribution in [0.5, 0.6) is 0 Å². The summed E-state index contributed by atoms with van der Waals surface area (Å²) in [4.78, 5) is 3.97. The van der Waals surface area contributed by atoms with Gasteiger partial charge in [-0.2, -0.15) is 0 Å². The molecule has 0 spiro atoms. The largest absolute Gasteiger partial charge is 0.361 e. The fourth-order valence-corrected chi connectivity index (χ4v) is 5.06. The van der Waals surface area contributed by atoms with Gasteiger partial charge in [0, 0.05) is 27.9 Å². The molecular weight excluding hydrogens is 270 g/mol. The lowest BCUT2D eigenvalue weighted by atomic mass is 10.00. The van der Waals surface area contributed by atoms with E-state index >= 15 is 0 Å². The van der Waals surface area contributed by atoms with Crippen LogP contribution in [0.15, 0.2) is 58.5 Å². The molecule has 1 aliphatic heterocycles. The molecule has 4 heteroatoms. The van der Waals surface area contributed by atoms with Crippen LogP contribution in [0.3, 0.4) is 0 Å². The van der Waals surface area contributed by atoms with Crippen LogP contribution in [0.2, 0.25) is 0 Å². The quantitative estimate of drug-likeness (QED) is 0.440. The van der Waals surface area contributed by atoms with Crippen LogP contribution in [0.25, 0.3) is 32.4 Å². The van der Waals surface area contributed by atoms with E-state index in [9.17, 15) is 8.42 Å². The smallest absolute Gasteiger partial charge is 0.207 e. The minimum Gasteiger partial charge on any atom is -0.361 e. The highest BCUT2D eigenvalue weighted by Crippen LogP contribution is 2.45. The van der Waals surface area contributed by atoms with Crippen molar-refractivity contribution in [2.75, 3.05) is 0 Å². The maximum absolute atomic E-state index is 12.7. The minimum atomic E-state index is -3.40. The van der Waals surface area contributed by atoms with Gasteiger partial charge in [0.05, 0.1) is 9.79 Å². The van der Waals surface area contributed by atoms with Crippen molar-refractivity contribution in [2.45, 2.75) is 9.79 Å². The van der Waals surface area contributed by atoms with Gasteiger partial charge in [0.15, 0.2) is 0 Å². The summed E-state index contributed by atoms with van der Waals surface area (Å²) in [5, 5.41) is 4.78. The molecule has 0 unspecified atom stereocenters. The van der Waals surface area contributed by atoms with E-state index in [0.29, 0.717) is 9.79 Å². The van der Waals surface area contributed by atoms with Crippen LogP contribution in [-0.4, -0.2) is 13.4 Å². The summed E-state index contributed by atoms with van der Waals surface area (Å²) in [6.07, 6.45) is 1.85. The van der Waals surface area contributed by atoms with Crippen LogP contribution in [0, 0.1) is 0 Å². The maximum Gasteiger partial charge on any atom is 0.207 e. The molecule has 1 aliphatic rings. The van der Waals surface area contributed by atoms with E-state index in [2.05, 4.69) is 4.98 Å². The topological polar surface area (TPSA) is 49.9 Å². The molecular formula is C16H9NO2S. The summed E-state index contributed by atoms with van der Waals surface area (Å²) < 4.78 is 25.5. The molecule has 0 saturated heterocycles. The van der Waals surface area contributed by atoms with Crippen LogP contribution >= 0.6 is 0 Å². The second-order valence-electron chi connectivity index (χ2n) is 5.16. The number of aromatic nitrogens is 1. The van der Waals surface area contributed by atoms with E-state index < -0.39 is 9.84 Å². The van der Waals surface area contributed by atoms with Gasteiger partial charge in [-0.05, 0) is 29.0 Å². The van der Waals surface area contributed by atoms with Gasteiger partial charge in [-0.25, -0.2) is 8.42 Å². The number of rotatable bonds is 0. The number of benzene rings is 3. The molecule has 3 nitrogen and oxygen atoms in total. The number of hydrogen-bond donors (Lipinski definition) is 1. The molecule has 20 heavy (non-hydrogen) atoms. The van der Waals surface area contributed by atoms with Crippen molar-refractivity contribution in [2.24, 2.45) is 0 Å². The Hall–Kier alpha value is -2.33. The number of hydrogen-bond acceptors (Lipinski definition) is 2. The zero-order valence-electron chi connectivity index (χ0n) is 10.3. The van der Waals surface area contributed by atoms with E-state index in [-0.39, 0.29) is 0 Å². The summed E-state index contributed by atoms with van der Waals surface area (Å²) in [5.74, 6) is 0. The molecule has 0 aliphatic carbocycles. The standard InChI is InChI=1S/C16H9NO2S/c18-20(19)13-3-1-2-9-4-5-11-10-6-7-17-12(10)8-14(20)16(11)15(9)13/h1-8,17H. The molecule has 0 radical (unpaired) electrons. The average Bonchev–Trinajstić information content (AvgIpc) is 3.00. The van der Waals surface area contributed by atoms with Crippen LogP contribution < -0.4 is 0 Å². The van der Waals surface area contributed by atoms with Crippen LogP contribution in [-0.2, 0) is 9.84 Å². The Kier molecular flexibility index (Phi) is 1.59. The lowest BCUT2D eigenvalue weighted by molar-refractivity contribution is 0.599. The first-order valence-electron chi connectivity index (χ1n) is 6.38. The number of fused-ring (bicyclic) bond motifs is 2. The van der Waals surface area contributed by atoms with Crippen molar-refractivity contribution in [1.29, 1.82) is 0 Å². The van der Waals surface area contributed by atoms with E-state index in [1.807, 2.05) is 30.5 Å².